The van der Waals surface area contributed by atoms with E-state index in [1.54, 1.807) is 0 Å². The molecule has 4 heteroatoms. The summed E-state index contributed by atoms with van der Waals surface area (Å²) in [6, 6.07) is 0. The van der Waals surface area contributed by atoms with Gasteiger partial charge in [0.15, 0.2) is 5.96 Å². The largest absolute Gasteiger partial charge is 0.356 e. The Morgan fingerprint density at radius 1 is 1.04 bits per heavy atom. The lowest BCUT2D eigenvalue weighted by Crippen LogP contribution is -2.72. The molecule has 4 nitrogen and oxygen atoms in total. The van der Waals surface area contributed by atoms with Crippen LogP contribution in [-0.4, -0.2) is 61.6 Å². The van der Waals surface area contributed by atoms with Gasteiger partial charge >= 0.3 is 0 Å². The van der Waals surface area contributed by atoms with Gasteiger partial charge in [-0.3, -0.25) is 4.99 Å². The van der Waals surface area contributed by atoms with E-state index in [4.69, 9.17) is 4.99 Å². The van der Waals surface area contributed by atoms with E-state index in [2.05, 4.69) is 63.8 Å². The van der Waals surface area contributed by atoms with Gasteiger partial charge in [0.25, 0.3) is 0 Å². The maximum Gasteiger partial charge on any atom is 0.194 e. The first-order chi connectivity index (χ1) is 10.7. The van der Waals surface area contributed by atoms with Gasteiger partial charge in [0.2, 0.25) is 0 Å². The summed E-state index contributed by atoms with van der Waals surface area (Å²) in [7, 11) is 4.30. The van der Waals surface area contributed by atoms with Crippen molar-refractivity contribution in [3.8, 4) is 0 Å². The maximum atomic E-state index is 4.87. The van der Waals surface area contributed by atoms with Crippen molar-refractivity contribution < 1.29 is 0 Å². The molecular formula is C19H40N4. The number of likely N-dealkylation sites (tertiary alicyclic amines) is 1. The molecule has 1 heterocycles. The zero-order chi connectivity index (χ0) is 17.5. The van der Waals surface area contributed by atoms with E-state index in [1.165, 1.54) is 38.6 Å². The number of guanidine groups is 1. The fourth-order valence-corrected chi connectivity index (χ4v) is 3.05. The minimum atomic E-state index is 0.181. The van der Waals surface area contributed by atoms with Crippen molar-refractivity contribution in [2.75, 3.05) is 40.3 Å². The van der Waals surface area contributed by atoms with Crippen LogP contribution in [0.3, 0.4) is 0 Å². The Bertz CT molecular complexity index is 372. The quantitative estimate of drug-likeness (QED) is 0.399. The molecule has 23 heavy (non-hydrogen) atoms. The molecule has 136 valence electrons. The summed E-state index contributed by atoms with van der Waals surface area (Å²) < 4.78 is 0. The minimum absolute atomic E-state index is 0.181. The van der Waals surface area contributed by atoms with Crippen molar-refractivity contribution in [3.63, 3.8) is 0 Å². The molecule has 0 atom stereocenters. The van der Waals surface area contributed by atoms with Crippen LogP contribution >= 0.6 is 0 Å². The number of aliphatic imine (C=N–C) groups is 1. The first kappa shape index (κ1) is 20.3. The highest BCUT2D eigenvalue weighted by Crippen LogP contribution is 2.46. The van der Waals surface area contributed by atoms with E-state index in [0.29, 0.717) is 5.41 Å². The van der Waals surface area contributed by atoms with Crippen LogP contribution in [0.15, 0.2) is 4.99 Å². The molecule has 0 amide bonds. The Hall–Kier alpha value is -0.770. The van der Waals surface area contributed by atoms with Crippen molar-refractivity contribution in [2.45, 2.75) is 72.3 Å². The van der Waals surface area contributed by atoms with E-state index in [1.807, 2.05) is 0 Å². The molecule has 0 saturated carbocycles. The Kier molecular flexibility index (Phi) is 7.85. The van der Waals surface area contributed by atoms with Crippen LogP contribution in [-0.2, 0) is 0 Å². The number of hydrogen-bond acceptors (Lipinski definition) is 2. The number of hydrogen-bond donors (Lipinski definition) is 1. The number of nitrogens with one attached hydrogen (secondary N) is 1. The molecule has 0 unspecified atom stereocenters. The molecule has 1 rings (SSSR count). The molecule has 1 fully saturated rings. The molecular weight excluding hydrogens is 284 g/mol. The predicted molar refractivity (Wildman–Crippen MR) is 102 cm³/mol. The summed E-state index contributed by atoms with van der Waals surface area (Å²) in [6.45, 7) is 15.7. The second-order valence-electron chi connectivity index (χ2n) is 8.34. The van der Waals surface area contributed by atoms with Crippen molar-refractivity contribution in [1.82, 2.24) is 15.1 Å². The number of unbranched alkanes of at least 4 members (excludes halogenated alkanes) is 4. The van der Waals surface area contributed by atoms with Gasteiger partial charge in [0.05, 0.1) is 0 Å². The fraction of sp³-hybridized carbons (Fsp3) is 0.947. The van der Waals surface area contributed by atoms with Crippen molar-refractivity contribution in [1.29, 1.82) is 0 Å². The number of rotatable bonds is 9. The SMILES string of the molecule is CCNC(=NCCCCCCCN(C)C)N1CC(C)(C)C1(C)C. The van der Waals surface area contributed by atoms with Crippen molar-refractivity contribution >= 4 is 5.96 Å². The lowest BCUT2D eigenvalue weighted by molar-refractivity contribution is -0.0667. The summed E-state index contributed by atoms with van der Waals surface area (Å²) in [5, 5.41) is 3.47. The van der Waals surface area contributed by atoms with E-state index < -0.39 is 0 Å². The summed E-state index contributed by atoms with van der Waals surface area (Å²) >= 11 is 0. The van der Waals surface area contributed by atoms with E-state index in [9.17, 15) is 0 Å². The first-order valence-corrected chi connectivity index (χ1v) is 9.43. The third-order valence-corrected chi connectivity index (χ3v) is 5.50. The standard InChI is InChI=1S/C19H40N4/c1-8-20-17(23-16-18(2,3)19(23,4)5)21-14-12-10-9-11-13-15-22(6)7/h8-16H2,1-7H3,(H,20,21). The molecule has 0 spiro atoms. The smallest absolute Gasteiger partial charge is 0.194 e. The summed E-state index contributed by atoms with van der Waals surface area (Å²) in [5.41, 5.74) is 0.538. The zero-order valence-electron chi connectivity index (χ0n) is 16.7. The molecule has 1 N–H and O–H groups in total. The van der Waals surface area contributed by atoms with Gasteiger partial charge in [-0.15, -0.1) is 0 Å². The van der Waals surface area contributed by atoms with E-state index >= 15 is 0 Å². The molecule has 1 saturated heterocycles. The molecule has 1 aliphatic heterocycles. The average Bonchev–Trinajstić information content (AvgIpc) is 2.46. The summed E-state index contributed by atoms with van der Waals surface area (Å²) in [6.07, 6.45) is 6.49. The Labute approximate surface area is 144 Å². The highest BCUT2D eigenvalue weighted by Gasteiger charge is 2.53. The van der Waals surface area contributed by atoms with Gasteiger partial charge < -0.3 is 15.1 Å². The second kappa shape index (κ2) is 8.91. The molecule has 0 aromatic rings. The molecule has 0 bridgehead atoms. The fourth-order valence-electron chi connectivity index (χ4n) is 3.05. The summed E-state index contributed by atoms with van der Waals surface area (Å²) in [5.74, 6) is 1.10. The molecule has 0 aromatic heterocycles. The van der Waals surface area contributed by atoms with E-state index in [-0.39, 0.29) is 5.54 Å². The van der Waals surface area contributed by atoms with E-state index in [0.717, 1.165) is 25.6 Å². The summed E-state index contributed by atoms with van der Waals surface area (Å²) in [4.78, 5) is 9.57. The molecule has 0 radical (unpaired) electrons. The third kappa shape index (κ3) is 5.66. The predicted octanol–water partition coefficient (Wildman–Crippen LogP) is 3.58. The topological polar surface area (TPSA) is 30.9 Å². The van der Waals surface area contributed by atoms with Gasteiger partial charge in [-0.2, -0.15) is 0 Å². The maximum absolute atomic E-state index is 4.87. The van der Waals surface area contributed by atoms with Gasteiger partial charge in [0.1, 0.15) is 0 Å². The number of nitrogens with zero attached hydrogens (tertiary/aromatic N) is 3. The van der Waals surface area contributed by atoms with Gasteiger partial charge in [-0.25, -0.2) is 0 Å². The van der Waals surface area contributed by atoms with Crippen molar-refractivity contribution in [3.05, 3.63) is 0 Å². The Balaban J connectivity index is 2.31. The van der Waals surface area contributed by atoms with Crippen LogP contribution in [0.5, 0.6) is 0 Å². The van der Waals surface area contributed by atoms with Crippen LogP contribution in [0.4, 0.5) is 0 Å². The van der Waals surface area contributed by atoms with Crippen LogP contribution in [0.25, 0.3) is 0 Å². The Morgan fingerprint density at radius 2 is 1.65 bits per heavy atom. The van der Waals surface area contributed by atoms with Crippen LogP contribution in [0, 0.1) is 5.41 Å². The normalized spacial score (nSPS) is 19.8. The van der Waals surface area contributed by atoms with Gasteiger partial charge in [-0.05, 0) is 54.3 Å². The van der Waals surface area contributed by atoms with Gasteiger partial charge in [0, 0.05) is 30.6 Å². The lowest BCUT2D eigenvalue weighted by Gasteiger charge is -2.62. The highest BCUT2D eigenvalue weighted by molar-refractivity contribution is 5.82. The molecule has 0 aliphatic carbocycles. The van der Waals surface area contributed by atoms with Crippen LogP contribution in [0.1, 0.15) is 66.7 Å². The van der Waals surface area contributed by atoms with Gasteiger partial charge in [-0.1, -0.05) is 33.1 Å². The van der Waals surface area contributed by atoms with Crippen LogP contribution < -0.4 is 5.32 Å². The van der Waals surface area contributed by atoms with Crippen LogP contribution in [0.2, 0.25) is 0 Å². The van der Waals surface area contributed by atoms with Crippen molar-refractivity contribution in [2.24, 2.45) is 10.4 Å². The Morgan fingerprint density at radius 3 is 2.17 bits per heavy atom. The monoisotopic (exact) mass is 324 g/mol. The first-order valence-electron chi connectivity index (χ1n) is 9.43. The second-order valence-corrected chi connectivity index (χ2v) is 8.34. The molecule has 0 aromatic carbocycles. The zero-order valence-corrected chi connectivity index (χ0v) is 16.7. The minimum Gasteiger partial charge on any atom is -0.356 e. The average molecular weight is 325 g/mol. The molecule has 1 aliphatic rings. The third-order valence-electron chi connectivity index (χ3n) is 5.50. The lowest BCUT2D eigenvalue weighted by atomic mass is 9.65. The highest BCUT2D eigenvalue weighted by atomic mass is 15.4.